The Kier molecular flexibility index (Phi) is 3.54. The molecule has 1 aliphatic rings. The van der Waals surface area contributed by atoms with Crippen LogP contribution in [-0.2, 0) is 14.8 Å². The molecule has 1 aromatic rings. The lowest BCUT2D eigenvalue weighted by Gasteiger charge is -2.28. The Morgan fingerprint density at radius 1 is 1.33 bits per heavy atom. The summed E-state index contributed by atoms with van der Waals surface area (Å²) in [5.74, 6) is -0.0111. The predicted octanol–water partition coefficient (Wildman–Crippen LogP) is 0.626. The zero-order chi connectivity index (χ0) is 13.3. The molecule has 7 heteroatoms. The Balaban J connectivity index is 2.25. The quantitative estimate of drug-likeness (QED) is 0.817. The van der Waals surface area contributed by atoms with Gasteiger partial charge in [-0.05, 0) is 26.7 Å². The fourth-order valence-corrected chi connectivity index (χ4v) is 4.10. The van der Waals surface area contributed by atoms with Gasteiger partial charge in [-0.1, -0.05) is 0 Å². The first-order valence-corrected chi connectivity index (χ1v) is 7.38. The molecule has 0 bridgehead atoms. The van der Waals surface area contributed by atoms with Gasteiger partial charge in [-0.25, -0.2) is 8.42 Å². The van der Waals surface area contributed by atoms with Gasteiger partial charge in [0, 0.05) is 19.0 Å². The summed E-state index contributed by atoms with van der Waals surface area (Å²) in [5, 5.41) is 6.61. The van der Waals surface area contributed by atoms with Crippen molar-refractivity contribution in [2.45, 2.75) is 31.6 Å². The molecule has 0 aliphatic carbocycles. The highest BCUT2D eigenvalue weighted by molar-refractivity contribution is 7.89. The van der Waals surface area contributed by atoms with Crippen LogP contribution in [-0.4, -0.2) is 42.3 Å². The first-order chi connectivity index (χ1) is 8.46. The van der Waals surface area contributed by atoms with Crippen molar-refractivity contribution >= 4 is 16.3 Å². The van der Waals surface area contributed by atoms with Crippen molar-refractivity contribution in [1.29, 1.82) is 0 Å². The van der Waals surface area contributed by atoms with Crippen LogP contribution in [0.3, 0.4) is 0 Å². The first kappa shape index (κ1) is 13.2. The molecule has 0 amide bonds. The van der Waals surface area contributed by atoms with E-state index in [2.05, 4.69) is 10.2 Å². The molecule has 0 spiro atoms. The second kappa shape index (κ2) is 4.81. The van der Waals surface area contributed by atoms with Crippen LogP contribution in [0.5, 0.6) is 0 Å². The van der Waals surface area contributed by atoms with Gasteiger partial charge in [0.2, 0.25) is 10.0 Å². The molecular formula is C11H17N3O3S. The maximum Gasteiger partial charge on any atom is 0.246 e. The van der Waals surface area contributed by atoms with Crippen molar-refractivity contribution in [3.8, 4) is 0 Å². The highest BCUT2D eigenvalue weighted by Crippen LogP contribution is 2.25. The molecule has 1 aliphatic heterocycles. The van der Waals surface area contributed by atoms with Gasteiger partial charge in [-0.15, -0.1) is 0 Å². The van der Waals surface area contributed by atoms with Gasteiger partial charge in [0.15, 0.2) is 0 Å². The number of rotatable bonds is 3. The molecule has 6 nitrogen and oxygen atoms in total. The van der Waals surface area contributed by atoms with Gasteiger partial charge < -0.3 is 4.79 Å². The van der Waals surface area contributed by atoms with Crippen molar-refractivity contribution in [3.63, 3.8) is 0 Å². The number of aldehydes is 1. The van der Waals surface area contributed by atoms with Crippen LogP contribution >= 0.6 is 0 Å². The van der Waals surface area contributed by atoms with Crippen molar-refractivity contribution < 1.29 is 13.2 Å². The highest BCUT2D eigenvalue weighted by Gasteiger charge is 2.32. The highest BCUT2D eigenvalue weighted by atomic mass is 32.2. The summed E-state index contributed by atoms with van der Waals surface area (Å²) >= 11 is 0. The van der Waals surface area contributed by atoms with E-state index in [1.807, 2.05) is 0 Å². The van der Waals surface area contributed by atoms with Crippen molar-refractivity contribution in [1.82, 2.24) is 14.5 Å². The molecule has 0 atom stereocenters. The number of nitrogens with zero attached hydrogens (tertiary/aromatic N) is 2. The third-order valence-corrected chi connectivity index (χ3v) is 5.51. The number of hydrogen-bond donors (Lipinski definition) is 1. The standard InChI is InChI=1S/C11H17N3O3S/c1-8-11(9(2)13-12-8)18(16,17)14-5-3-10(7-15)4-6-14/h7,10H,3-6H2,1-2H3,(H,12,13). The molecule has 1 N–H and O–H groups in total. The van der Waals surface area contributed by atoms with Gasteiger partial charge in [0.05, 0.1) is 11.4 Å². The van der Waals surface area contributed by atoms with E-state index < -0.39 is 10.0 Å². The minimum Gasteiger partial charge on any atom is -0.303 e. The Morgan fingerprint density at radius 3 is 2.39 bits per heavy atom. The minimum absolute atomic E-state index is 0.0111. The van der Waals surface area contributed by atoms with E-state index in [-0.39, 0.29) is 10.8 Å². The molecule has 2 heterocycles. The van der Waals surface area contributed by atoms with Crippen molar-refractivity contribution in [3.05, 3.63) is 11.4 Å². The van der Waals surface area contributed by atoms with Crippen LogP contribution in [0, 0.1) is 19.8 Å². The number of nitrogens with one attached hydrogen (secondary N) is 1. The number of aromatic amines is 1. The number of piperidine rings is 1. The number of aromatic nitrogens is 2. The zero-order valence-electron chi connectivity index (χ0n) is 10.5. The Labute approximate surface area is 106 Å². The summed E-state index contributed by atoms with van der Waals surface area (Å²) < 4.78 is 26.4. The fourth-order valence-electron chi connectivity index (χ4n) is 2.30. The summed E-state index contributed by atoms with van der Waals surface area (Å²) in [6, 6.07) is 0. The largest absolute Gasteiger partial charge is 0.303 e. The minimum atomic E-state index is -3.49. The Morgan fingerprint density at radius 2 is 1.94 bits per heavy atom. The van der Waals surface area contributed by atoms with Crippen LogP contribution in [0.15, 0.2) is 4.90 Å². The summed E-state index contributed by atoms with van der Waals surface area (Å²) in [7, 11) is -3.49. The van der Waals surface area contributed by atoms with Gasteiger partial charge in [0.1, 0.15) is 11.2 Å². The summed E-state index contributed by atoms with van der Waals surface area (Å²) in [6.45, 7) is 4.17. The lowest BCUT2D eigenvalue weighted by molar-refractivity contribution is -0.112. The van der Waals surface area contributed by atoms with Crippen LogP contribution in [0.25, 0.3) is 0 Å². The maximum absolute atomic E-state index is 12.5. The molecule has 1 fully saturated rings. The predicted molar refractivity (Wildman–Crippen MR) is 65.6 cm³/mol. The van der Waals surface area contributed by atoms with Crippen LogP contribution < -0.4 is 0 Å². The third-order valence-electron chi connectivity index (χ3n) is 3.35. The van der Waals surface area contributed by atoms with Crippen LogP contribution in [0.1, 0.15) is 24.2 Å². The molecule has 0 aromatic carbocycles. The second-order valence-corrected chi connectivity index (χ2v) is 6.52. The van der Waals surface area contributed by atoms with Crippen LogP contribution in [0.2, 0.25) is 0 Å². The van der Waals surface area contributed by atoms with Crippen molar-refractivity contribution in [2.75, 3.05) is 13.1 Å². The van der Waals surface area contributed by atoms with Gasteiger partial charge in [-0.2, -0.15) is 9.40 Å². The molecule has 18 heavy (non-hydrogen) atoms. The van der Waals surface area contributed by atoms with Gasteiger partial charge in [-0.3, -0.25) is 5.10 Å². The first-order valence-electron chi connectivity index (χ1n) is 5.94. The molecule has 1 aromatic heterocycles. The molecule has 1 saturated heterocycles. The lowest BCUT2D eigenvalue weighted by atomic mass is 10.0. The Hall–Kier alpha value is -1.21. The van der Waals surface area contributed by atoms with E-state index in [1.165, 1.54) is 4.31 Å². The van der Waals surface area contributed by atoms with E-state index >= 15 is 0 Å². The molecule has 2 rings (SSSR count). The summed E-state index contributed by atoms with van der Waals surface area (Å²) in [6.07, 6.45) is 2.11. The smallest absolute Gasteiger partial charge is 0.246 e. The van der Waals surface area contributed by atoms with E-state index in [0.717, 1.165) is 6.29 Å². The topological polar surface area (TPSA) is 83.1 Å². The van der Waals surface area contributed by atoms with Crippen molar-refractivity contribution in [2.24, 2.45) is 5.92 Å². The average molecular weight is 271 g/mol. The molecule has 0 unspecified atom stereocenters. The van der Waals surface area contributed by atoms with Gasteiger partial charge >= 0.3 is 0 Å². The third kappa shape index (κ3) is 2.20. The van der Waals surface area contributed by atoms with Crippen LogP contribution in [0.4, 0.5) is 0 Å². The number of aryl methyl sites for hydroxylation is 2. The number of H-pyrrole nitrogens is 1. The molecule has 100 valence electrons. The second-order valence-electron chi connectivity index (χ2n) is 4.64. The SMILES string of the molecule is Cc1n[nH]c(C)c1S(=O)(=O)N1CCC(C=O)CC1. The molecular weight excluding hydrogens is 254 g/mol. The Bertz CT molecular complexity index is 522. The fraction of sp³-hybridized carbons (Fsp3) is 0.636. The monoisotopic (exact) mass is 271 g/mol. The van der Waals surface area contributed by atoms with Gasteiger partial charge in [0.25, 0.3) is 0 Å². The average Bonchev–Trinajstić information content (AvgIpc) is 2.69. The summed E-state index contributed by atoms with van der Waals surface area (Å²) in [4.78, 5) is 10.9. The van der Waals surface area contributed by atoms with E-state index in [1.54, 1.807) is 13.8 Å². The maximum atomic E-state index is 12.5. The number of sulfonamides is 1. The zero-order valence-corrected chi connectivity index (χ0v) is 11.3. The number of carbonyl (C=O) groups excluding carboxylic acids is 1. The molecule has 0 radical (unpaired) electrons. The lowest BCUT2D eigenvalue weighted by Crippen LogP contribution is -2.39. The normalized spacial score (nSPS) is 19.0. The van der Waals surface area contributed by atoms with E-state index in [0.29, 0.717) is 37.3 Å². The molecule has 0 saturated carbocycles. The van der Waals surface area contributed by atoms with E-state index in [9.17, 15) is 13.2 Å². The number of carbonyl (C=O) groups is 1. The number of hydrogen-bond acceptors (Lipinski definition) is 4. The van der Waals surface area contributed by atoms with E-state index in [4.69, 9.17) is 0 Å². The summed E-state index contributed by atoms with van der Waals surface area (Å²) in [5.41, 5.74) is 1.05.